The van der Waals surface area contributed by atoms with Gasteiger partial charge in [0.2, 0.25) is 0 Å². The lowest BCUT2D eigenvalue weighted by Gasteiger charge is -2.16. The van der Waals surface area contributed by atoms with E-state index in [1.807, 2.05) is 24.3 Å². The summed E-state index contributed by atoms with van der Waals surface area (Å²) >= 11 is 0. The SMILES string of the molecule is CCCCOCCCNCc1cccc(OC)c1OCc1ccccc1C. The number of hydrogen-bond acceptors (Lipinski definition) is 4. The maximum atomic E-state index is 6.16. The topological polar surface area (TPSA) is 39.7 Å². The van der Waals surface area contributed by atoms with Crippen LogP contribution in [0.1, 0.15) is 42.9 Å². The second-order valence-electron chi connectivity index (χ2n) is 6.66. The summed E-state index contributed by atoms with van der Waals surface area (Å²) in [6.07, 6.45) is 3.32. The molecule has 0 amide bonds. The molecular weight excluding hydrogens is 338 g/mol. The maximum absolute atomic E-state index is 6.16. The van der Waals surface area contributed by atoms with E-state index in [0.717, 1.165) is 56.2 Å². The van der Waals surface area contributed by atoms with E-state index in [-0.39, 0.29) is 0 Å². The third-order valence-electron chi connectivity index (χ3n) is 4.51. The van der Waals surface area contributed by atoms with Gasteiger partial charge in [0.15, 0.2) is 11.5 Å². The Balaban J connectivity index is 1.87. The first-order valence-corrected chi connectivity index (χ1v) is 9.88. The van der Waals surface area contributed by atoms with Gasteiger partial charge in [0, 0.05) is 25.3 Å². The average Bonchev–Trinajstić information content (AvgIpc) is 2.69. The Kier molecular flexibility index (Phi) is 9.74. The van der Waals surface area contributed by atoms with Crippen LogP contribution in [0.25, 0.3) is 0 Å². The fourth-order valence-corrected chi connectivity index (χ4v) is 2.82. The fraction of sp³-hybridized carbons (Fsp3) is 0.478. The summed E-state index contributed by atoms with van der Waals surface area (Å²) < 4.78 is 17.3. The molecule has 0 aliphatic rings. The first kappa shape index (κ1) is 21.3. The van der Waals surface area contributed by atoms with Gasteiger partial charge in [-0.1, -0.05) is 49.7 Å². The molecule has 4 nitrogen and oxygen atoms in total. The number of ether oxygens (including phenoxy) is 3. The minimum atomic E-state index is 0.533. The molecule has 2 rings (SSSR count). The molecule has 0 atom stereocenters. The van der Waals surface area contributed by atoms with E-state index in [9.17, 15) is 0 Å². The van der Waals surface area contributed by atoms with E-state index < -0.39 is 0 Å². The number of methoxy groups -OCH3 is 1. The van der Waals surface area contributed by atoms with Crippen LogP contribution in [0.5, 0.6) is 11.5 Å². The highest BCUT2D eigenvalue weighted by molar-refractivity contribution is 5.46. The molecule has 0 unspecified atom stereocenters. The molecule has 148 valence electrons. The molecule has 0 aliphatic carbocycles. The van der Waals surface area contributed by atoms with Gasteiger partial charge >= 0.3 is 0 Å². The lowest BCUT2D eigenvalue weighted by molar-refractivity contribution is 0.128. The molecule has 0 heterocycles. The van der Waals surface area contributed by atoms with Crippen LogP contribution >= 0.6 is 0 Å². The molecule has 0 aliphatic heterocycles. The van der Waals surface area contributed by atoms with Gasteiger partial charge in [0.25, 0.3) is 0 Å². The average molecular weight is 372 g/mol. The monoisotopic (exact) mass is 371 g/mol. The van der Waals surface area contributed by atoms with Crippen LogP contribution in [-0.2, 0) is 17.9 Å². The molecule has 0 saturated heterocycles. The zero-order valence-corrected chi connectivity index (χ0v) is 16.9. The molecule has 2 aromatic carbocycles. The van der Waals surface area contributed by atoms with Gasteiger partial charge in [-0.3, -0.25) is 0 Å². The molecule has 0 bridgehead atoms. The Morgan fingerprint density at radius 1 is 0.926 bits per heavy atom. The molecule has 0 fully saturated rings. The summed E-state index contributed by atoms with van der Waals surface area (Å²) in [6.45, 7) is 8.15. The Hall–Kier alpha value is -2.04. The predicted octanol–water partition coefficient (Wildman–Crippen LogP) is 4.88. The lowest BCUT2D eigenvalue weighted by atomic mass is 10.1. The highest BCUT2D eigenvalue weighted by Crippen LogP contribution is 2.32. The van der Waals surface area contributed by atoms with Crippen molar-refractivity contribution >= 4 is 0 Å². The molecule has 0 aromatic heterocycles. The minimum Gasteiger partial charge on any atom is -0.493 e. The first-order valence-electron chi connectivity index (χ1n) is 9.88. The zero-order chi connectivity index (χ0) is 19.3. The first-order chi connectivity index (χ1) is 13.3. The van der Waals surface area contributed by atoms with E-state index in [1.54, 1.807) is 7.11 Å². The van der Waals surface area contributed by atoms with Crippen molar-refractivity contribution in [2.45, 2.75) is 46.3 Å². The Morgan fingerprint density at radius 2 is 1.70 bits per heavy atom. The van der Waals surface area contributed by atoms with Crippen molar-refractivity contribution in [3.8, 4) is 11.5 Å². The van der Waals surface area contributed by atoms with E-state index in [4.69, 9.17) is 14.2 Å². The van der Waals surface area contributed by atoms with Gasteiger partial charge in [-0.2, -0.15) is 0 Å². The molecular formula is C23H33NO3. The quantitative estimate of drug-likeness (QED) is 0.510. The Bertz CT molecular complexity index is 672. The van der Waals surface area contributed by atoms with Crippen LogP contribution in [0.2, 0.25) is 0 Å². The van der Waals surface area contributed by atoms with Gasteiger partial charge in [-0.15, -0.1) is 0 Å². The van der Waals surface area contributed by atoms with Crippen molar-refractivity contribution in [3.05, 3.63) is 59.2 Å². The van der Waals surface area contributed by atoms with Crippen molar-refractivity contribution < 1.29 is 14.2 Å². The van der Waals surface area contributed by atoms with Gasteiger partial charge in [-0.25, -0.2) is 0 Å². The summed E-state index contributed by atoms with van der Waals surface area (Å²) in [6, 6.07) is 14.3. The number of benzene rings is 2. The normalized spacial score (nSPS) is 10.8. The van der Waals surface area contributed by atoms with Gasteiger partial charge in [0.1, 0.15) is 6.61 Å². The lowest BCUT2D eigenvalue weighted by Crippen LogP contribution is -2.17. The molecule has 2 aromatic rings. The van der Waals surface area contributed by atoms with Crippen LogP contribution in [0, 0.1) is 6.92 Å². The number of aryl methyl sites for hydroxylation is 1. The summed E-state index contributed by atoms with van der Waals surface area (Å²) in [7, 11) is 1.68. The van der Waals surface area contributed by atoms with Crippen LogP contribution in [0.15, 0.2) is 42.5 Å². The standard InChI is InChI=1S/C23H33NO3/c1-4-5-15-26-16-9-14-24-17-20-12-8-13-22(25-3)23(20)27-18-21-11-7-6-10-19(21)2/h6-8,10-13,24H,4-5,9,14-18H2,1-3H3. The van der Waals surface area contributed by atoms with Crippen molar-refractivity contribution in [3.63, 3.8) is 0 Å². The third kappa shape index (κ3) is 7.24. The van der Waals surface area contributed by atoms with E-state index in [0.29, 0.717) is 6.61 Å². The van der Waals surface area contributed by atoms with E-state index >= 15 is 0 Å². The zero-order valence-electron chi connectivity index (χ0n) is 16.9. The molecule has 27 heavy (non-hydrogen) atoms. The molecule has 0 radical (unpaired) electrons. The number of hydrogen-bond donors (Lipinski definition) is 1. The van der Waals surface area contributed by atoms with Crippen LogP contribution in [0.3, 0.4) is 0 Å². The van der Waals surface area contributed by atoms with Crippen LogP contribution in [-0.4, -0.2) is 26.9 Å². The third-order valence-corrected chi connectivity index (χ3v) is 4.51. The summed E-state index contributed by atoms with van der Waals surface area (Å²) in [4.78, 5) is 0. The second kappa shape index (κ2) is 12.4. The minimum absolute atomic E-state index is 0.533. The van der Waals surface area contributed by atoms with Crippen molar-refractivity contribution in [2.24, 2.45) is 0 Å². The smallest absolute Gasteiger partial charge is 0.166 e. The highest BCUT2D eigenvalue weighted by atomic mass is 16.5. The number of rotatable bonds is 13. The van der Waals surface area contributed by atoms with E-state index in [1.165, 1.54) is 17.5 Å². The van der Waals surface area contributed by atoms with Crippen LogP contribution in [0.4, 0.5) is 0 Å². The number of para-hydroxylation sites is 1. The highest BCUT2D eigenvalue weighted by Gasteiger charge is 2.11. The van der Waals surface area contributed by atoms with Crippen molar-refractivity contribution in [1.82, 2.24) is 5.32 Å². The summed E-state index contributed by atoms with van der Waals surface area (Å²) in [5.74, 6) is 1.58. The predicted molar refractivity (Wildman–Crippen MR) is 111 cm³/mol. The second-order valence-corrected chi connectivity index (χ2v) is 6.66. The number of nitrogens with one attached hydrogen (secondary N) is 1. The van der Waals surface area contributed by atoms with Gasteiger partial charge < -0.3 is 19.5 Å². The largest absolute Gasteiger partial charge is 0.493 e. The van der Waals surface area contributed by atoms with Gasteiger partial charge in [-0.05, 0) is 43.5 Å². The molecule has 4 heteroatoms. The molecule has 0 saturated carbocycles. The van der Waals surface area contributed by atoms with E-state index in [2.05, 4.69) is 37.4 Å². The maximum Gasteiger partial charge on any atom is 0.166 e. The molecule has 0 spiro atoms. The summed E-state index contributed by atoms with van der Waals surface area (Å²) in [5.41, 5.74) is 3.52. The van der Waals surface area contributed by atoms with Gasteiger partial charge in [0.05, 0.1) is 7.11 Å². The van der Waals surface area contributed by atoms with Crippen molar-refractivity contribution in [1.29, 1.82) is 0 Å². The Morgan fingerprint density at radius 3 is 2.48 bits per heavy atom. The Labute approximate surface area is 163 Å². The fourth-order valence-electron chi connectivity index (χ4n) is 2.82. The van der Waals surface area contributed by atoms with Crippen molar-refractivity contribution in [2.75, 3.05) is 26.9 Å². The number of unbranched alkanes of at least 4 members (excludes halogenated alkanes) is 1. The summed E-state index contributed by atoms with van der Waals surface area (Å²) in [5, 5.41) is 3.48. The molecule has 1 N–H and O–H groups in total. The van der Waals surface area contributed by atoms with Crippen LogP contribution < -0.4 is 14.8 Å².